The van der Waals surface area contributed by atoms with Crippen molar-refractivity contribution in [3.05, 3.63) is 34.9 Å². The summed E-state index contributed by atoms with van der Waals surface area (Å²) in [5.41, 5.74) is -0.398. The Balaban J connectivity index is 2.52. The summed E-state index contributed by atoms with van der Waals surface area (Å²) in [6.45, 7) is 0. The fourth-order valence-electron chi connectivity index (χ4n) is 1.55. The van der Waals surface area contributed by atoms with Crippen LogP contribution in [0.15, 0.2) is 18.2 Å². The lowest BCUT2D eigenvalue weighted by molar-refractivity contribution is 0.555. The van der Waals surface area contributed by atoms with Crippen LogP contribution < -0.4 is 0 Å². The lowest BCUT2D eigenvalue weighted by atomic mass is 9.84. The molecule has 0 radical (unpaired) electrons. The molecule has 0 bridgehead atoms. The minimum absolute atomic E-state index is 0.0159. The molecule has 2 unspecified atom stereocenters. The molecule has 1 aromatic rings. The summed E-state index contributed by atoms with van der Waals surface area (Å²) in [7, 11) is 0. The second-order valence-electron chi connectivity index (χ2n) is 2.81. The van der Waals surface area contributed by atoms with Crippen molar-refractivity contribution < 1.29 is 13.7 Å². The van der Waals surface area contributed by atoms with E-state index in [0.29, 0.717) is 0 Å². The van der Waals surface area contributed by atoms with E-state index in [4.69, 9.17) is 13.7 Å². The zero-order valence-corrected chi connectivity index (χ0v) is 6.31. The molecule has 0 N–H and O–H groups in total. The SMILES string of the molecule is [2H]C1c2cccc3c2C([2H])(C([2H])([2H])C3([2H])[2H])C([2H])([2H])C1([2H])[2H]. The molecule has 3 rings (SSSR count). The van der Waals surface area contributed by atoms with Gasteiger partial charge >= 0.3 is 0 Å². The van der Waals surface area contributed by atoms with Crippen molar-refractivity contribution in [2.24, 2.45) is 0 Å². The number of rotatable bonds is 0. The first-order chi connectivity index (χ1) is 9.76. The molecule has 0 amide bonds. The van der Waals surface area contributed by atoms with Crippen molar-refractivity contribution in [2.45, 2.75) is 37.8 Å². The lowest BCUT2D eigenvalue weighted by Crippen LogP contribution is -2.05. The van der Waals surface area contributed by atoms with E-state index in [1.54, 1.807) is 0 Å². The number of aryl methyl sites for hydroxylation is 2. The maximum absolute atomic E-state index is 8.50. The van der Waals surface area contributed by atoms with Gasteiger partial charge in [0.2, 0.25) is 0 Å². The van der Waals surface area contributed by atoms with Crippen LogP contribution in [-0.2, 0) is 12.8 Å². The molecule has 0 aliphatic heterocycles. The summed E-state index contributed by atoms with van der Waals surface area (Å²) in [4.78, 5) is 0. The molecule has 2 atom stereocenters. The van der Waals surface area contributed by atoms with Crippen LogP contribution in [0.1, 0.15) is 55.4 Å². The molecule has 62 valence electrons. The van der Waals surface area contributed by atoms with E-state index in [9.17, 15) is 0 Å². The van der Waals surface area contributed by atoms with Crippen LogP contribution >= 0.6 is 0 Å². The van der Waals surface area contributed by atoms with Crippen LogP contribution in [-0.4, -0.2) is 0 Å². The van der Waals surface area contributed by atoms with Gasteiger partial charge in [0.1, 0.15) is 0 Å². The van der Waals surface area contributed by atoms with Gasteiger partial charge in [-0.25, -0.2) is 0 Å². The van der Waals surface area contributed by atoms with E-state index in [0.717, 1.165) is 0 Å². The minimum atomic E-state index is -3.07. The summed E-state index contributed by atoms with van der Waals surface area (Å²) >= 11 is 0. The smallest absolute Gasteiger partial charge is 0.0353 e. The molecule has 0 spiro atoms. The second-order valence-corrected chi connectivity index (χ2v) is 2.81. The molecule has 0 heteroatoms. The molecule has 0 heterocycles. The third kappa shape index (κ3) is 0.782. The van der Waals surface area contributed by atoms with Crippen molar-refractivity contribution in [1.82, 2.24) is 0 Å². The highest BCUT2D eigenvalue weighted by Gasteiger charge is 2.27. The van der Waals surface area contributed by atoms with E-state index >= 15 is 0 Å². The van der Waals surface area contributed by atoms with Crippen LogP contribution in [0.4, 0.5) is 0 Å². The zero-order valence-electron chi connectivity index (χ0n) is 16.3. The van der Waals surface area contributed by atoms with E-state index < -0.39 is 37.8 Å². The molecule has 2 aliphatic carbocycles. The summed E-state index contributed by atoms with van der Waals surface area (Å²) in [6, 6.07) is 4.04. The maximum atomic E-state index is 8.50. The largest absolute Gasteiger partial charge is 0.0617 e. The Labute approximate surface area is 87.7 Å². The fraction of sp³-hybridized carbons (Fsp3) is 0.500. The van der Waals surface area contributed by atoms with Crippen molar-refractivity contribution in [3.8, 4) is 0 Å². The molecule has 1 aromatic carbocycles. The molecule has 12 heavy (non-hydrogen) atoms. The van der Waals surface area contributed by atoms with Crippen LogP contribution in [0.5, 0.6) is 0 Å². The van der Waals surface area contributed by atoms with Crippen LogP contribution in [0, 0.1) is 0 Å². The quantitative estimate of drug-likeness (QED) is 0.558. The second kappa shape index (κ2) is 2.35. The van der Waals surface area contributed by atoms with Gasteiger partial charge in [-0.15, -0.1) is 0 Å². The van der Waals surface area contributed by atoms with E-state index in [-0.39, 0.29) is 16.7 Å². The van der Waals surface area contributed by atoms with Gasteiger partial charge in [-0.1, -0.05) is 18.2 Å². The third-order valence-corrected chi connectivity index (χ3v) is 2.09. The monoisotopic (exact) mass is 168 g/mol. The summed E-state index contributed by atoms with van der Waals surface area (Å²) in [5, 5.41) is 0. The minimum Gasteiger partial charge on any atom is -0.0617 e. The highest BCUT2D eigenvalue weighted by Crippen LogP contribution is 2.42. The Morgan fingerprint density at radius 2 is 2.25 bits per heavy atom. The predicted octanol–water partition coefficient (Wildman–Crippen LogP) is 3.05. The topological polar surface area (TPSA) is 0 Å². The Morgan fingerprint density at radius 3 is 3.25 bits per heavy atom. The lowest BCUT2D eigenvalue weighted by Gasteiger charge is -2.21. The highest BCUT2D eigenvalue weighted by molar-refractivity contribution is 5.43. The van der Waals surface area contributed by atoms with Crippen molar-refractivity contribution in [3.63, 3.8) is 0 Å². The number of benzene rings is 1. The molecular formula is C12H14. The summed E-state index contributed by atoms with van der Waals surface area (Å²) in [6.07, 6.45) is -13.2. The number of hydrogen-bond acceptors (Lipinski definition) is 0. The Hall–Kier alpha value is -0.780. The summed E-state index contributed by atoms with van der Waals surface area (Å²) < 4.78 is 80.9. The van der Waals surface area contributed by atoms with Gasteiger partial charge in [-0.2, -0.15) is 0 Å². The van der Waals surface area contributed by atoms with E-state index in [1.807, 2.05) is 0 Å². The maximum Gasteiger partial charge on any atom is 0.0353 e. The third-order valence-electron chi connectivity index (χ3n) is 2.09. The van der Waals surface area contributed by atoms with E-state index in [1.165, 1.54) is 18.2 Å². The van der Waals surface area contributed by atoms with Gasteiger partial charge in [0, 0.05) is 13.7 Å². The molecule has 0 aromatic heterocycles. The average molecular weight is 168 g/mol. The average Bonchev–Trinajstić information content (AvgIpc) is 2.54. The van der Waals surface area contributed by atoms with Crippen molar-refractivity contribution in [2.75, 3.05) is 0 Å². The Kier molecular flexibility index (Phi) is 0.426. The molecule has 0 saturated heterocycles. The van der Waals surface area contributed by atoms with Gasteiger partial charge in [0.15, 0.2) is 0 Å². The van der Waals surface area contributed by atoms with Crippen LogP contribution in [0.25, 0.3) is 0 Å². The molecule has 0 saturated carbocycles. The highest BCUT2D eigenvalue weighted by atomic mass is 14.3. The first kappa shape index (κ1) is 2.17. The fourth-order valence-corrected chi connectivity index (χ4v) is 1.55. The first-order valence-corrected chi connectivity index (χ1v) is 3.82. The van der Waals surface area contributed by atoms with Crippen LogP contribution in [0.2, 0.25) is 0 Å². The van der Waals surface area contributed by atoms with Gasteiger partial charge < -0.3 is 0 Å². The Bertz CT molecular complexity index is 664. The predicted molar refractivity (Wildman–Crippen MR) is 50.4 cm³/mol. The van der Waals surface area contributed by atoms with E-state index in [2.05, 4.69) is 0 Å². The number of hydrogen-bond donors (Lipinski definition) is 0. The Morgan fingerprint density at radius 1 is 1.33 bits per heavy atom. The molecule has 0 nitrogen and oxygen atoms in total. The molecular weight excluding hydrogens is 144 g/mol. The van der Waals surface area contributed by atoms with Crippen LogP contribution in [0.3, 0.4) is 0 Å². The van der Waals surface area contributed by atoms with Gasteiger partial charge in [-0.05, 0) is 54.5 Å². The molecule has 2 aliphatic rings. The summed E-state index contributed by atoms with van der Waals surface area (Å²) in [5.74, 6) is -2.77. The molecule has 0 fully saturated rings. The van der Waals surface area contributed by atoms with Crippen molar-refractivity contribution in [1.29, 1.82) is 0 Å². The van der Waals surface area contributed by atoms with Gasteiger partial charge in [-0.3, -0.25) is 0 Å². The standard InChI is InChI=1S/C12H14/c1-3-9-4-2-6-11-8-7-10(5-1)12(9)11/h1,3,5,11H,2,4,6-8H2/i2D2,4D,6D2,7D2,8D2,11D. The van der Waals surface area contributed by atoms with Crippen molar-refractivity contribution >= 4 is 0 Å². The first-order valence-electron chi connectivity index (χ1n) is 8.90. The zero-order chi connectivity index (χ0) is 16.9. The normalized spacial score (nSPS) is 66.8. The van der Waals surface area contributed by atoms with Gasteiger partial charge in [0.25, 0.3) is 0 Å². The van der Waals surface area contributed by atoms with Gasteiger partial charge in [0.05, 0.1) is 0 Å².